The van der Waals surface area contributed by atoms with E-state index in [1.54, 1.807) is 18.2 Å². The molecule has 1 saturated heterocycles. The number of rotatable bonds is 6. The van der Waals surface area contributed by atoms with E-state index in [2.05, 4.69) is 10.3 Å². The van der Waals surface area contributed by atoms with Crippen molar-refractivity contribution < 1.29 is 14.3 Å². The van der Waals surface area contributed by atoms with Gasteiger partial charge in [-0.2, -0.15) is 0 Å². The van der Waals surface area contributed by atoms with Crippen molar-refractivity contribution in [3.05, 3.63) is 66.4 Å². The Balaban J connectivity index is 1.37. The first-order valence-electron chi connectivity index (χ1n) is 9.69. The predicted molar refractivity (Wildman–Crippen MR) is 112 cm³/mol. The fraction of sp³-hybridized carbons (Fsp3) is 0.261. The van der Waals surface area contributed by atoms with Crippen molar-refractivity contribution in [2.45, 2.75) is 12.8 Å². The molecule has 0 saturated carbocycles. The molecule has 29 heavy (non-hydrogen) atoms. The smallest absolute Gasteiger partial charge is 0.229 e. The van der Waals surface area contributed by atoms with Crippen LogP contribution in [0.5, 0.6) is 5.75 Å². The summed E-state index contributed by atoms with van der Waals surface area (Å²) in [7, 11) is 1.64. The van der Waals surface area contributed by atoms with Crippen molar-refractivity contribution in [1.29, 1.82) is 0 Å². The summed E-state index contributed by atoms with van der Waals surface area (Å²) in [6, 6.07) is 17.3. The lowest BCUT2D eigenvalue weighted by molar-refractivity contribution is -0.128. The standard InChI is InChI=1S/C23H23N3O3/c1-29-19-9-7-16(8-10-19)11-13-26-15-18(14-21(26)27)23(28)25-20-6-2-4-17-5-3-12-24-22(17)20/h2-10,12,18H,11,13-15H2,1H3,(H,25,28). The Labute approximate surface area is 169 Å². The van der Waals surface area contributed by atoms with Crippen LogP contribution in [0.25, 0.3) is 10.9 Å². The number of amides is 2. The highest BCUT2D eigenvalue weighted by Crippen LogP contribution is 2.24. The molecule has 3 aromatic rings. The summed E-state index contributed by atoms with van der Waals surface area (Å²) in [6.45, 7) is 1.05. The topological polar surface area (TPSA) is 71.5 Å². The van der Waals surface area contributed by atoms with E-state index in [0.29, 0.717) is 18.8 Å². The number of carbonyl (C=O) groups excluding carboxylic acids is 2. The Kier molecular flexibility index (Phi) is 5.42. The number of hydrogen-bond acceptors (Lipinski definition) is 4. The number of likely N-dealkylation sites (tertiary alicyclic amines) is 1. The minimum atomic E-state index is -0.350. The van der Waals surface area contributed by atoms with Crippen molar-refractivity contribution >= 4 is 28.4 Å². The van der Waals surface area contributed by atoms with Crippen molar-refractivity contribution in [3.63, 3.8) is 0 Å². The van der Waals surface area contributed by atoms with Crippen molar-refractivity contribution in [3.8, 4) is 5.75 Å². The number of nitrogens with one attached hydrogen (secondary N) is 1. The summed E-state index contributed by atoms with van der Waals surface area (Å²) < 4.78 is 5.17. The fourth-order valence-electron chi connectivity index (χ4n) is 3.66. The second-order valence-electron chi connectivity index (χ2n) is 7.21. The van der Waals surface area contributed by atoms with Gasteiger partial charge in [-0.25, -0.2) is 0 Å². The molecule has 1 aliphatic heterocycles. The van der Waals surface area contributed by atoms with Gasteiger partial charge in [-0.05, 0) is 36.2 Å². The van der Waals surface area contributed by atoms with Crippen LogP contribution in [0.2, 0.25) is 0 Å². The van der Waals surface area contributed by atoms with Crippen molar-refractivity contribution in [2.24, 2.45) is 5.92 Å². The van der Waals surface area contributed by atoms with E-state index in [0.717, 1.165) is 28.6 Å². The number of pyridine rings is 1. The van der Waals surface area contributed by atoms with Crippen LogP contribution in [0.15, 0.2) is 60.8 Å². The van der Waals surface area contributed by atoms with E-state index in [1.807, 2.05) is 54.6 Å². The molecule has 148 valence electrons. The van der Waals surface area contributed by atoms with Crippen LogP contribution in [0.3, 0.4) is 0 Å². The van der Waals surface area contributed by atoms with E-state index in [9.17, 15) is 9.59 Å². The van der Waals surface area contributed by atoms with E-state index in [1.165, 1.54) is 0 Å². The van der Waals surface area contributed by atoms with Crippen LogP contribution >= 0.6 is 0 Å². The number of aromatic nitrogens is 1. The molecule has 2 amide bonds. The maximum Gasteiger partial charge on any atom is 0.229 e. The number of ether oxygens (including phenoxy) is 1. The van der Waals surface area contributed by atoms with Gasteiger partial charge in [0.05, 0.1) is 24.2 Å². The predicted octanol–water partition coefficient (Wildman–Crippen LogP) is 3.27. The van der Waals surface area contributed by atoms with Gasteiger partial charge < -0.3 is 15.0 Å². The lowest BCUT2D eigenvalue weighted by atomic mass is 10.1. The molecule has 1 aliphatic rings. The highest BCUT2D eigenvalue weighted by atomic mass is 16.5. The SMILES string of the molecule is COc1ccc(CCN2CC(C(=O)Nc3cccc4cccnc34)CC2=O)cc1. The number of nitrogens with zero attached hydrogens (tertiary/aromatic N) is 2. The van der Waals surface area contributed by atoms with Gasteiger partial charge in [0.1, 0.15) is 5.75 Å². The third-order valence-corrected chi connectivity index (χ3v) is 5.31. The van der Waals surface area contributed by atoms with Gasteiger partial charge in [0.25, 0.3) is 0 Å². The Morgan fingerprint density at radius 1 is 1.17 bits per heavy atom. The largest absolute Gasteiger partial charge is 0.497 e. The first kappa shape index (κ1) is 18.9. The van der Waals surface area contributed by atoms with Crippen molar-refractivity contribution in [2.75, 3.05) is 25.5 Å². The second kappa shape index (κ2) is 8.31. The molecule has 0 bridgehead atoms. The zero-order valence-electron chi connectivity index (χ0n) is 16.3. The summed E-state index contributed by atoms with van der Waals surface area (Å²) in [4.78, 5) is 31.3. The Morgan fingerprint density at radius 2 is 1.97 bits per heavy atom. The minimum absolute atomic E-state index is 0.0229. The van der Waals surface area contributed by atoms with Crippen LogP contribution in [0.4, 0.5) is 5.69 Å². The molecule has 4 rings (SSSR count). The third-order valence-electron chi connectivity index (χ3n) is 5.31. The molecule has 0 spiro atoms. The summed E-state index contributed by atoms with van der Waals surface area (Å²) in [5.41, 5.74) is 2.56. The number of fused-ring (bicyclic) bond motifs is 1. The zero-order valence-corrected chi connectivity index (χ0v) is 16.3. The molecule has 1 unspecified atom stereocenters. The van der Waals surface area contributed by atoms with Crippen LogP contribution in [-0.4, -0.2) is 41.9 Å². The van der Waals surface area contributed by atoms with Crippen LogP contribution in [0, 0.1) is 5.92 Å². The molecular formula is C23H23N3O3. The second-order valence-corrected chi connectivity index (χ2v) is 7.21. The number of benzene rings is 2. The molecule has 2 aromatic carbocycles. The molecule has 1 fully saturated rings. The molecule has 6 heteroatoms. The molecule has 1 N–H and O–H groups in total. The lowest BCUT2D eigenvalue weighted by Crippen LogP contribution is -2.30. The summed E-state index contributed by atoms with van der Waals surface area (Å²) in [5.74, 6) is 0.348. The molecular weight excluding hydrogens is 366 g/mol. The molecule has 6 nitrogen and oxygen atoms in total. The van der Waals surface area contributed by atoms with Gasteiger partial charge in [0.15, 0.2) is 0 Å². The first-order chi connectivity index (χ1) is 14.1. The van der Waals surface area contributed by atoms with E-state index < -0.39 is 0 Å². The highest BCUT2D eigenvalue weighted by molar-refractivity contribution is 6.02. The van der Waals surface area contributed by atoms with E-state index in [-0.39, 0.29) is 24.2 Å². The molecule has 2 heterocycles. The average molecular weight is 389 g/mol. The average Bonchev–Trinajstić information content (AvgIpc) is 3.13. The summed E-state index contributed by atoms with van der Waals surface area (Å²) >= 11 is 0. The maximum atomic E-state index is 12.8. The van der Waals surface area contributed by atoms with Gasteiger partial charge in [-0.3, -0.25) is 14.6 Å². The highest BCUT2D eigenvalue weighted by Gasteiger charge is 2.34. The third kappa shape index (κ3) is 4.21. The quantitative estimate of drug-likeness (QED) is 0.702. The molecule has 1 aromatic heterocycles. The van der Waals surface area contributed by atoms with Crippen LogP contribution in [0.1, 0.15) is 12.0 Å². The number of anilines is 1. The van der Waals surface area contributed by atoms with Gasteiger partial charge in [-0.15, -0.1) is 0 Å². The first-order valence-corrected chi connectivity index (χ1v) is 9.69. The number of hydrogen-bond donors (Lipinski definition) is 1. The van der Waals surface area contributed by atoms with Gasteiger partial charge >= 0.3 is 0 Å². The Bertz CT molecular complexity index is 1030. The van der Waals surface area contributed by atoms with Crippen molar-refractivity contribution in [1.82, 2.24) is 9.88 Å². The van der Waals surface area contributed by atoms with E-state index >= 15 is 0 Å². The lowest BCUT2D eigenvalue weighted by Gasteiger charge is -2.17. The van der Waals surface area contributed by atoms with Gasteiger partial charge in [0.2, 0.25) is 11.8 Å². The maximum absolute atomic E-state index is 12.8. The van der Waals surface area contributed by atoms with E-state index in [4.69, 9.17) is 4.74 Å². The number of carbonyl (C=O) groups is 2. The summed E-state index contributed by atoms with van der Waals surface area (Å²) in [6.07, 6.45) is 2.70. The monoisotopic (exact) mass is 389 g/mol. The van der Waals surface area contributed by atoms with Gasteiger partial charge in [0, 0.05) is 31.1 Å². The zero-order chi connectivity index (χ0) is 20.2. The Hall–Kier alpha value is -3.41. The van der Waals surface area contributed by atoms with Crippen LogP contribution < -0.4 is 10.1 Å². The van der Waals surface area contributed by atoms with Crippen LogP contribution in [-0.2, 0) is 16.0 Å². The Morgan fingerprint density at radius 3 is 2.76 bits per heavy atom. The fourth-order valence-corrected chi connectivity index (χ4v) is 3.66. The minimum Gasteiger partial charge on any atom is -0.497 e. The molecule has 0 radical (unpaired) electrons. The summed E-state index contributed by atoms with van der Waals surface area (Å²) in [5, 5.41) is 3.93. The number of methoxy groups -OCH3 is 1. The van der Waals surface area contributed by atoms with Gasteiger partial charge in [-0.1, -0.05) is 30.3 Å². The number of para-hydroxylation sites is 1. The molecule has 1 atom stereocenters. The molecule has 0 aliphatic carbocycles. The normalized spacial score (nSPS) is 16.2.